The van der Waals surface area contributed by atoms with E-state index in [9.17, 15) is 0 Å². The minimum Gasteiger partial charge on any atom is -0.439 e. The molecule has 0 amide bonds. The molecule has 0 saturated carbocycles. The number of oxazole rings is 1. The standard InChI is InChI=1S/C12H14N2O/c1-2-7-11-9(5-1)14-12(15-11)10-6-3-4-8-13-10/h1-2,5,7,10,13H,3-4,6,8H2/t10-/m0/s1. The molecule has 1 aliphatic heterocycles. The molecule has 3 nitrogen and oxygen atoms in total. The van der Waals surface area contributed by atoms with Gasteiger partial charge < -0.3 is 9.73 Å². The van der Waals surface area contributed by atoms with E-state index in [1.54, 1.807) is 0 Å². The number of benzene rings is 1. The Labute approximate surface area is 88.5 Å². The molecule has 3 heteroatoms. The van der Waals surface area contributed by atoms with Crippen molar-refractivity contribution in [3.63, 3.8) is 0 Å². The van der Waals surface area contributed by atoms with E-state index in [1.165, 1.54) is 12.8 Å². The molecule has 78 valence electrons. The third kappa shape index (κ3) is 1.63. The van der Waals surface area contributed by atoms with Gasteiger partial charge in [0.2, 0.25) is 5.89 Å². The number of piperidine rings is 1. The number of hydrogen-bond acceptors (Lipinski definition) is 3. The highest BCUT2D eigenvalue weighted by Gasteiger charge is 2.19. The SMILES string of the molecule is c1ccc2oc([C@@H]3CCCCN3)nc2c1. The second-order valence-electron chi connectivity index (χ2n) is 4.02. The molecule has 15 heavy (non-hydrogen) atoms. The highest BCUT2D eigenvalue weighted by molar-refractivity contribution is 5.72. The Morgan fingerprint density at radius 3 is 3.00 bits per heavy atom. The lowest BCUT2D eigenvalue weighted by Gasteiger charge is -2.19. The second kappa shape index (κ2) is 3.66. The fourth-order valence-corrected chi connectivity index (χ4v) is 2.10. The predicted octanol–water partition coefficient (Wildman–Crippen LogP) is 2.64. The third-order valence-corrected chi connectivity index (χ3v) is 2.92. The van der Waals surface area contributed by atoms with E-state index in [2.05, 4.69) is 10.3 Å². The minimum absolute atomic E-state index is 0.311. The topological polar surface area (TPSA) is 38.1 Å². The van der Waals surface area contributed by atoms with Crippen LogP contribution in [0.2, 0.25) is 0 Å². The quantitative estimate of drug-likeness (QED) is 0.772. The molecule has 0 unspecified atom stereocenters. The predicted molar refractivity (Wildman–Crippen MR) is 58.6 cm³/mol. The number of fused-ring (bicyclic) bond motifs is 1. The summed E-state index contributed by atoms with van der Waals surface area (Å²) in [6.45, 7) is 1.07. The van der Waals surface area contributed by atoms with Gasteiger partial charge in [0.1, 0.15) is 5.52 Å². The van der Waals surface area contributed by atoms with E-state index in [0.717, 1.165) is 30.0 Å². The van der Waals surface area contributed by atoms with Gasteiger partial charge in [-0.15, -0.1) is 0 Å². The summed E-state index contributed by atoms with van der Waals surface area (Å²) in [5, 5.41) is 3.44. The Morgan fingerprint density at radius 1 is 1.27 bits per heavy atom. The largest absolute Gasteiger partial charge is 0.439 e. The maximum Gasteiger partial charge on any atom is 0.212 e. The van der Waals surface area contributed by atoms with Gasteiger partial charge in [0.05, 0.1) is 6.04 Å². The van der Waals surface area contributed by atoms with Crippen LogP contribution in [0, 0.1) is 0 Å². The Kier molecular flexibility index (Phi) is 2.18. The van der Waals surface area contributed by atoms with Crippen molar-refractivity contribution in [2.24, 2.45) is 0 Å². The normalized spacial score (nSPS) is 22.0. The van der Waals surface area contributed by atoms with Gasteiger partial charge >= 0.3 is 0 Å². The molecule has 1 aromatic carbocycles. The van der Waals surface area contributed by atoms with Gasteiger partial charge in [0.15, 0.2) is 5.58 Å². The van der Waals surface area contributed by atoms with Crippen molar-refractivity contribution in [3.8, 4) is 0 Å². The highest BCUT2D eigenvalue weighted by Crippen LogP contribution is 2.25. The molecule has 3 rings (SSSR count). The van der Waals surface area contributed by atoms with Crippen molar-refractivity contribution >= 4 is 11.1 Å². The van der Waals surface area contributed by atoms with Crippen LogP contribution in [0.4, 0.5) is 0 Å². The summed E-state index contributed by atoms with van der Waals surface area (Å²) in [7, 11) is 0. The first-order valence-corrected chi connectivity index (χ1v) is 5.52. The van der Waals surface area contributed by atoms with Gasteiger partial charge in [0.25, 0.3) is 0 Å². The average Bonchev–Trinajstić information content (AvgIpc) is 2.74. The van der Waals surface area contributed by atoms with Crippen molar-refractivity contribution < 1.29 is 4.42 Å². The lowest BCUT2D eigenvalue weighted by molar-refractivity contribution is 0.347. The molecule has 0 aliphatic carbocycles. The van der Waals surface area contributed by atoms with Gasteiger partial charge in [-0.2, -0.15) is 0 Å². The number of rotatable bonds is 1. The van der Waals surface area contributed by atoms with Crippen molar-refractivity contribution in [1.82, 2.24) is 10.3 Å². The molecular weight excluding hydrogens is 188 g/mol. The van der Waals surface area contributed by atoms with E-state index >= 15 is 0 Å². The Bertz CT molecular complexity index is 424. The van der Waals surface area contributed by atoms with Crippen LogP contribution >= 0.6 is 0 Å². The molecule has 0 radical (unpaired) electrons. The zero-order valence-electron chi connectivity index (χ0n) is 8.57. The number of nitrogens with one attached hydrogen (secondary N) is 1. The molecule has 1 saturated heterocycles. The lowest BCUT2D eigenvalue weighted by Crippen LogP contribution is -2.26. The van der Waals surface area contributed by atoms with E-state index < -0.39 is 0 Å². The molecular formula is C12H14N2O. The first-order chi connectivity index (χ1) is 7.43. The summed E-state index contributed by atoms with van der Waals surface area (Å²) in [6, 6.07) is 8.24. The van der Waals surface area contributed by atoms with Crippen LogP contribution in [-0.2, 0) is 0 Å². The Hall–Kier alpha value is -1.35. The summed E-state index contributed by atoms with van der Waals surface area (Å²) < 4.78 is 5.73. The summed E-state index contributed by atoms with van der Waals surface area (Å²) in [4.78, 5) is 4.51. The summed E-state index contributed by atoms with van der Waals surface area (Å²) in [5.41, 5.74) is 1.85. The van der Waals surface area contributed by atoms with Gasteiger partial charge in [-0.05, 0) is 31.5 Å². The van der Waals surface area contributed by atoms with E-state index in [-0.39, 0.29) is 0 Å². The van der Waals surface area contributed by atoms with Gasteiger partial charge in [-0.3, -0.25) is 0 Å². The van der Waals surface area contributed by atoms with Crippen LogP contribution in [0.15, 0.2) is 28.7 Å². The van der Waals surface area contributed by atoms with Crippen LogP contribution in [0.25, 0.3) is 11.1 Å². The highest BCUT2D eigenvalue weighted by atomic mass is 16.3. The van der Waals surface area contributed by atoms with E-state index in [0.29, 0.717) is 6.04 Å². The Morgan fingerprint density at radius 2 is 2.20 bits per heavy atom. The second-order valence-corrected chi connectivity index (χ2v) is 4.02. The van der Waals surface area contributed by atoms with Crippen LogP contribution < -0.4 is 5.32 Å². The van der Waals surface area contributed by atoms with Crippen LogP contribution in [0.3, 0.4) is 0 Å². The molecule has 1 N–H and O–H groups in total. The first-order valence-electron chi connectivity index (χ1n) is 5.52. The van der Waals surface area contributed by atoms with Gasteiger partial charge in [0, 0.05) is 0 Å². The van der Waals surface area contributed by atoms with Gasteiger partial charge in [-0.1, -0.05) is 18.6 Å². The number of aromatic nitrogens is 1. The van der Waals surface area contributed by atoms with Gasteiger partial charge in [-0.25, -0.2) is 4.98 Å². The average molecular weight is 202 g/mol. The molecule has 1 atom stereocenters. The van der Waals surface area contributed by atoms with Crippen LogP contribution in [0.5, 0.6) is 0 Å². The molecule has 1 aliphatic rings. The number of nitrogens with zero attached hydrogens (tertiary/aromatic N) is 1. The molecule has 1 aromatic heterocycles. The molecule has 0 spiro atoms. The van der Waals surface area contributed by atoms with Crippen LogP contribution in [-0.4, -0.2) is 11.5 Å². The fraction of sp³-hybridized carbons (Fsp3) is 0.417. The fourth-order valence-electron chi connectivity index (χ4n) is 2.10. The van der Waals surface area contributed by atoms with Crippen molar-refractivity contribution in [1.29, 1.82) is 0 Å². The molecule has 0 bridgehead atoms. The van der Waals surface area contributed by atoms with Crippen LogP contribution in [0.1, 0.15) is 31.2 Å². The van der Waals surface area contributed by atoms with Crippen molar-refractivity contribution in [3.05, 3.63) is 30.2 Å². The molecule has 2 aromatic rings. The number of para-hydroxylation sites is 2. The molecule has 1 fully saturated rings. The van der Waals surface area contributed by atoms with Crippen molar-refractivity contribution in [2.45, 2.75) is 25.3 Å². The first kappa shape index (κ1) is 8.92. The maximum absolute atomic E-state index is 5.73. The van der Waals surface area contributed by atoms with E-state index in [4.69, 9.17) is 4.42 Å². The zero-order chi connectivity index (χ0) is 10.1. The monoisotopic (exact) mass is 202 g/mol. The zero-order valence-corrected chi connectivity index (χ0v) is 8.57. The van der Waals surface area contributed by atoms with E-state index in [1.807, 2.05) is 24.3 Å². The Balaban J connectivity index is 1.96. The van der Waals surface area contributed by atoms with Crippen molar-refractivity contribution in [2.75, 3.05) is 6.54 Å². The molecule has 2 heterocycles. The summed E-state index contributed by atoms with van der Waals surface area (Å²) in [6.07, 6.45) is 3.65. The lowest BCUT2D eigenvalue weighted by atomic mass is 10.1. The number of hydrogen-bond donors (Lipinski definition) is 1. The maximum atomic E-state index is 5.73. The smallest absolute Gasteiger partial charge is 0.212 e. The third-order valence-electron chi connectivity index (χ3n) is 2.92. The minimum atomic E-state index is 0.311. The summed E-state index contributed by atoms with van der Waals surface area (Å²) >= 11 is 0. The summed E-state index contributed by atoms with van der Waals surface area (Å²) in [5.74, 6) is 0.843.